The van der Waals surface area contributed by atoms with E-state index < -0.39 is 0 Å². The first-order valence-electron chi connectivity index (χ1n) is 5.10. The second kappa shape index (κ2) is 12.0. The van der Waals surface area contributed by atoms with Crippen LogP contribution in [0.2, 0.25) is 10.6 Å². The Hall–Kier alpha value is 1.02. The minimum Gasteiger partial charge on any atom is -0.510 e. The second-order valence-corrected chi connectivity index (χ2v) is 5.33. The van der Waals surface area contributed by atoms with Crippen LogP contribution in [0.4, 0.5) is 0 Å². The lowest BCUT2D eigenvalue weighted by Crippen LogP contribution is -1.94. The molecule has 0 saturated carbocycles. The average molecular weight is 198 g/mol. The van der Waals surface area contributed by atoms with Gasteiger partial charge in [-0.1, -0.05) is 32.6 Å². The van der Waals surface area contributed by atoms with Crippen molar-refractivity contribution in [2.75, 3.05) is 6.61 Å². The summed E-state index contributed by atoms with van der Waals surface area (Å²) < 4.78 is 5.03. The molecule has 68 valence electrons. The van der Waals surface area contributed by atoms with Crippen molar-refractivity contribution in [2.24, 2.45) is 0 Å². The zero-order chi connectivity index (χ0) is 9.07. The summed E-state index contributed by atoms with van der Waals surface area (Å²) in [6.07, 6.45) is 7.00. The monoisotopic (exact) mass is 198 g/mol. The molecule has 3 heteroatoms. The highest BCUT2D eigenvalue weighted by molar-refractivity contribution is 6.35. The summed E-state index contributed by atoms with van der Waals surface area (Å²) in [5, 5.41) is 2.94. The molecule has 0 aliphatic heterocycles. The lowest BCUT2D eigenvalue weighted by atomic mass is 10.2. The second-order valence-electron chi connectivity index (χ2n) is 3.19. The Kier molecular flexibility index (Phi) is 13.1. The molecule has 0 amide bonds. The Morgan fingerprint density at radius 1 is 1.08 bits per heavy atom. The number of rotatable bonds is 9. The first-order valence-corrected chi connectivity index (χ1v) is 7.31. The third-order valence-corrected chi connectivity index (χ3v) is 3.88. The molecule has 0 unspecified atom stereocenters. The van der Waals surface area contributed by atoms with Crippen molar-refractivity contribution in [3.05, 3.63) is 0 Å². The lowest BCUT2D eigenvalue weighted by Gasteiger charge is -1.99. The van der Waals surface area contributed by atoms with E-state index in [0.29, 0.717) is 0 Å². The molecule has 0 N–H and O–H groups in total. The van der Waals surface area contributed by atoms with Crippen molar-refractivity contribution in [3.8, 4) is 0 Å². The van der Waals surface area contributed by atoms with Crippen molar-refractivity contribution in [2.45, 2.75) is 49.6 Å². The highest BCUT2D eigenvalue weighted by Gasteiger charge is 1.92. The van der Waals surface area contributed by atoms with Gasteiger partial charge in [-0.2, -0.15) is 0 Å². The van der Waals surface area contributed by atoms with E-state index in [4.69, 9.17) is 3.79 Å². The van der Waals surface area contributed by atoms with Crippen LogP contribution >= 0.6 is 0 Å². The van der Waals surface area contributed by atoms with Gasteiger partial charge in [-0.3, -0.25) is 0 Å². The van der Waals surface area contributed by atoms with Gasteiger partial charge in [0, 0.05) is 6.61 Å². The van der Waals surface area contributed by atoms with Gasteiger partial charge in [-0.05, 0) is 6.42 Å². The Balaban J connectivity index is 2.73. The van der Waals surface area contributed by atoms with Gasteiger partial charge in [0.1, 0.15) is 0 Å². The summed E-state index contributed by atoms with van der Waals surface area (Å²) in [6.45, 7) is 3.24. The van der Waals surface area contributed by atoms with Crippen molar-refractivity contribution in [1.82, 2.24) is 0 Å². The Labute approximate surface area is 91.7 Å². The predicted octanol–water partition coefficient (Wildman–Crippen LogP) is 2.33. The van der Waals surface area contributed by atoms with Gasteiger partial charge in [0.2, 0.25) is 0 Å². The fourth-order valence-electron chi connectivity index (χ4n) is 1.19. The maximum Gasteiger partial charge on any atom is 0.394 e. The SMILES string of the molecule is CCCCC[CH2][Al][CH2]CC[O][AlH]. The lowest BCUT2D eigenvalue weighted by molar-refractivity contribution is 0.349. The molecule has 0 aliphatic rings. The molecule has 0 saturated heterocycles. The normalized spacial score (nSPS) is 10.1. The van der Waals surface area contributed by atoms with Crippen LogP contribution in [0, 0.1) is 0 Å². The molecule has 1 nitrogen and oxygen atoms in total. The van der Waals surface area contributed by atoms with Gasteiger partial charge < -0.3 is 3.79 Å². The van der Waals surface area contributed by atoms with Gasteiger partial charge in [-0.15, -0.1) is 10.6 Å². The van der Waals surface area contributed by atoms with Crippen molar-refractivity contribution in [3.63, 3.8) is 0 Å². The molecule has 0 spiro atoms. The Morgan fingerprint density at radius 2 is 1.83 bits per heavy atom. The summed E-state index contributed by atoms with van der Waals surface area (Å²) in [5.41, 5.74) is 0. The minimum absolute atomic E-state index is 0.731. The molecular weight excluding hydrogens is 178 g/mol. The fourth-order valence-corrected chi connectivity index (χ4v) is 2.72. The third-order valence-electron chi connectivity index (χ3n) is 1.96. The van der Waals surface area contributed by atoms with E-state index in [1.807, 2.05) is 0 Å². The van der Waals surface area contributed by atoms with E-state index in [2.05, 4.69) is 6.92 Å². The quantitative estimate of drug-likeness (QED) is 0.408. The molecule has 2 radical (unpaired) electrons. The fraction of sp³-hybridized carbons (Fsp3) is 1.00. The van der Waals surface area contributed by atoms with Crippen LogP contribution in [0.1, 0.15) is 39.0 Å². The van der Waals surface area contributed by atoms with Crippen LogP contribution in [-0.2, 0) is 3.79 Å². The average Bonchev–Trinajstić information content (AvgIpc) is 2.10. The van der Waals surface area contributed by atoms with Crippen molar-refractivity contribution in [1.29, 1.82) is 0 Å². The summed E-state index contributed by atoms with van der Waals surface area (Å²) in [5.74, 6) is 0. The Morgan fingerprint density at radius 3 is 2.50 bits per heavy atom. The van der Waals surface area contributed by atoms with E-state index in [9.17, 15) is 0 Å². The minimum atomic E-state index is 0.731. The number of unbranched alkanes of at least 4 members (excludes halogenated alkanes) is 3. The molecule has 0 bridgehead atoms. The molecular formula is C9H20Al2O. The van der Waals surface area contributed by atoms with Crippen LogP contribution < -0.4 is 0 Å². The molecule has 0 aliphatic carbocycles. The summed E-state index contributed by atoms with van der Waals surface area (Å²) in [4.78, 5) is 0. The molecule has 0 heterocycles. The van der Waals surface area contributed by atoms with Gasteiger partial charge in [-0.25, -0.2) is 0 Å². The largest absolute Gasteiger partial charge is 0.510 e. The predicted molar refractivity (Wildman–Crippen MR) is 57.2 cm³/mol. The number of hydrogen-bond acceptors (Lipinski definition) is 1. The van der Waals surface area contributed by atoms with Crippen LogP contribution in [0.15, 0.2) is 0 Å². The molecule has 0 aromatic heterocycles. The first kappa shape index (κ1) is 13.0. The van der Waals surface area contributed by atoms with Gasteiger partial charge in [0.05, 0.1) is 0 Å². The third kappa shape index (κ3) is 11.0. The van der Waals surface area contributed by atoms with Crippen LogP contribution in [0.3, 0.4) is 0 Å². The van der Waals surface area contributed by atoms with Gasteiger partial charge >= 0.3 is 16.6 Å². The standard InChI is InChI=1S/C6H13.C3H6O.2Al.H/c1-3-5-6-4-2;1-2-3-4;;;/h1,3-6H2,2H3;1-3H2;;;/q;-1;;+1;. The summed E-state index contributed by atoms with van der Waals surface area (Å²) in [7, 11) is 0. The molecule has 0 atom stereocenters. The summed E-state index contributed by atoms with van der Waals surface area (Å²) >= 11 is 2.35. The van der Waals surface area contributed by atoms with Crippen molar-refractivity contribution < 1.29 is 3.79 Å². The van der Waals surface area contributed by atoms with Crippen molar-refractivity contribution >= 4 is 31.8 Å². The van der Waals surface area contributed by atoms with Crippen LogP contribution in [0.5, 0.6) is 0 Å². The molecule has 12 heavy (non-hydrogen) atoms. The van der Waals surface area contributed by atoms with E-state index in [0.717, 1.165) is 21.8 Å². The Bertz CT molecular complexity index is 68.9. The highest BCUT2D eigenvalue weighted by Crippen LogP contribution is 2.03. The first-order chi connectivity index (χ1) is 5.91. The van der Waals surface area contributed by atoms with E-state index in [1.54, 1.807) is 16.6 Å². The van der Waals surface area contributed by atoms with E-state index in [-0.39, 0.29) is 0 Å². The molecule has 0 aromatic rings. The van der Waals surface area contributed by atoms with E-state index in [1.165, 1.54) is 42.7 Å². The zero-order valence-corrected chi connectivity index (χ0v) is 10.9. The smallest absolute Gasteiger partial charge is 0.394 e. The number of hydrogen-bond donors (Lipinski definition) is 0. The highest BCUT2D eigenvalue weighted by atomic mass is 27.1. The van der Waals surface area contributed by atoms with Crippen LogP contribution in [-0.4, -0.2) is 38.5 Å². The maximum absolute atomic E-state index is 5.03. The van der Waals surface area contributed by atoms with Crippen LogP contribution in [0.25, 0.3) is 0 Å². The molecule has 0 rings (SSSR count). The topological polar surface area (TPSA) is 9.23 Å². The van der Waals surface area contributed by atoms with E-state index >= 15 is 0 Å². The van der Waals surface area contributed by atoms with Gasteiger partial charge in [0.15, 0.2) is 15.2 Å². The maximum atomic E-state index is 5.03. The summed E-state index contributed by atoms with van der Waals surface area (Å²) in [6, 6.07) is 0. The molecule has 0 fully saturated rings. The zero-order valence-electron chi connectivity index (χ0n) is 8.35. The van der Waals surface area contributed by atoms with Gasteiger partial charge in [0.25, 0.3) is 0 Å². The molecule has 0 aromatic carbocycles.